The first-order valence-electron chi connectivity index (χ1n) is 6.07. The maximum atomic E-state index is 11.2. The molecule has 106 valence electrons. The molecule has 0 aliphatic carbocycles. The van der Waals surface area contributed by atoms with E-state index in [1.165, 1.54) is 23.1 Å². The van der Waals surface area contributed by atoms with E-state index >= 15 is 0 Å². The van der Waals surface area contributed by atoms with Gasteiger partial charge in [0.05, 0.1) is 6.61 Å². The number of anilines is 1. The number of rotatable bonds is 8. The minimum absolute atomic E-state index is 0.0741. The SMILES string of the molecule is CCOC(=O)CCCSc1nnc(NC(=O)CC)s1. The molecular formula is C11H17N3O3S2. The highest BCUT2D eigenvalue weighted by atomic mass is 32.2. The van der Waals surface area contributed by atoms with Crippen molar-refractivity contribution in [3.63, 3.8) is 0 Å². The van der Waals surface area contributed by atoms with Gasteiger partial charge in [0.25, 0.3) is 0 Å². The van der Waals surface area contributed by atoms with E-state index < -0.39 is 0 Å². The fourth-order valence-electron chi connectivity index (χ4n) is 1.14. The van der Waals surface area contributed by atoms with E-state index in [2.05, 4.69) is 15.5 Å². The Hall–Kier alpha value is -1.15. The normalized spacial score (nSPS) is 10.2. The molecule has 1 aromatic rings. The van der Waals surface area contributed by atoms with Gasteiger partial charge in [0.2, 0.25) is 11.0 Å². The van der Waals surface area contributed by atoms with Gasteiger partial charge < -0.3 is 10.1 Å². The van der Waals surface area contributed by atoms with Crippen LogP contribution >= 0.6 is 23.1 Å². The summed E-state index contributed by atoms with van der Waals surface area (Å²) in [5.41, 5.74) is 0. The minimum Gasteiger partial charge on any atom is -0.466 e. The number of ether oxygens (including phenoxy) is 1. The van der Waals surface area contributed by atoms with Crippen LogP contribution in [0.2, 0.25) is 0 Å². The van der Waals surface area contributed by atoms with Crippen molar-refractivity contribution in [2.24, 2.45) is 0 Å². The second kappa shape index (κ2) is 8.87. The summed E-state index contributed by atoms with van der Waals surface area (Å²) >= 11 is 2.86. The Bertz CT molecular complexity index is 423. The molecule has 0 aliphatic rings. The van der Waals surface area contributed by atoms with Crippen LogP contribution in [0.1, 0.15) is 33.1 Å². The molecule has 0 saturated carbocycles. The molecule has 1 amide bonds. The molecule has 0 radical (unpaired) electrons. The van der Waals surface area contributed by atoms with Crippen LogP contribution in [0, 0.1) is 0 Å². The standard InChI is InChI=1S/C11H17N3O3S2/c1-3-8(15)12-10-13-14-11(19-10)18-7-5-6-9(16)17-4-2/h3-7H2,1-2H3,(H,12,13,15). The highest BCUT2D eigenvalue weighted by Gasteiger charge is 2.07. The number of amides is 1. The fraction of sp³-hybridized carbons (Fsp3) is 0.636. The molecule has 1 aromatic heterocycles. The van der Waals surface area contributed by atoms with Crippen LogP contribution in [0.4, 0.5) is 5.13 Å². The zero-order valence-electron chi connectivity index (χ0n) is 11.0. The molecule has 0 aliphatic heterocycles. The average Bonchev–Trinajstić information content (AvgIpc) is 2.82. The lowest BCUT2D eigenvalue weighted by molar-refractivity contribution is -0.143. The number of carbonyl (C=O) groups is 2. The maximum Gasteiger partial charge on any atom is 0.305 e. The molecule has 1 N–H and O–H groups in total. The van der Waals surface area contributed by atoms with E-state index in [9.17, 15) is 9.59 Å². The second-order valence-corrected chi connectivity index (χ2v) is 5.85. The first-order valence-corrected chi connectivity index (χ1v) is 7.87. The summed E-state index contributed by atoms with van der Waals surface area (Å²) in [6, 6.07) is 0. The summed E-state index contributed by atoms with van der Waals surface area (Å²) in [6.45, 7) is 3.99. The quantitative estimate of drug-likeness (QED) is 0.343. The van der Waals surface area contributed by atoms with Crippen molar-refractivity contribution < 1.29 is 14.3 Å². The summed E-state index contributed by atoms with van der Waals surface area (Å²) in [5, 5.41) is 11.0. The van der Waals surface area contributed by atoms with Gasteiger partial charge in [0.1, 0.15) is 0 Å². The van der Waals surface area contributed by atoms with Gasteiger partial charge in [-0.25, -0.2) is 0 Å². The predicted octanol–water partition coefficient (Wildman–Crippen LogP) is 2.32. The zero-order valence-corrected chi connectivity index (χ0v) is 12.6. The average molecular weight is 303 g/mol. The molecule has 0 unspecified atom stereocenters. The van der Waals surface area contributed by atoms with Gasteiger partial charge >= 0.3 is 5.97 Å². The number of esters is 1. The maximum absolute atomic E-state index is 11.2. The van der Waals surface area contributed by atoms with Gasteiger partial charge in [-0.15, -0.1) is 10.2 Å². The number of nitrogens with one attached hydrogen (secondary N) is 1. The van der Waals surface area contributed by atoms with E-state index in [1.807, 2.05) is 0 Å². The lowest BCUT2D eigenvalue weighted by Gasteiger charge is -2.00. The fourth-order valence-corrected chi connectivity index (χ4v) is 2.91. The molecule has 19 heavy (non-hydrogen) atoms. The Kier molecular flexibility index (Phi) is 7.42. The van der Waals surface area contributed by atoms with Crippen molar-refractivity contribution in [3.05, 3.63) is 0 Å². The van der Waals surface area contributed by atoms with Gasteiger partial charge in [-0.2, -0.15) is 0 Å². The Morgan fingerprint density at radius 2 is 2.16 bits per heavy atom. The number of carbonyl (C=O) groups excluding carboxylic acids is 2. The van der Waals surface area contributed by atoms with Crippen molar-refractivity contribution in [1.82, 2.24) is 10.2 Å². The van der Waals surface area contributed by atoms with E-state index in [4.69, 9.17) is 4.74 Å². The number of thioether (sulfide) groups is 1. The van der Waals surface area contributed by atoms with Gasteiger partial charge in [-0.05, 0) is 13.3 Å². The monoisotopic (exact) mass is 303 g/mol. The molecule has 0 saturated heterocycles. The van der Waals surface area contributed by atoms with Crippen LogP contribution in [0.5, 0.6) is 0 Å². The van der Waals surface area contributed by atoms with E-state index in [1.54, 1.807) is 13.8 Å². The molecule has 1 heterocycles. The smallest absolute Gasteiger partial charge is 0.305 e. The zero-order chi connectivity index (χ0) is 14.1. The number of nitrogens with zero attached hydrogens (tertiary/aromatic N) is 2. The first kappa shape index (κ1) is 15.9. The van der Waals surface area contributed by atoms with E-state index in [-0.39, 0.29) is 11.9 Å². The lowest BCUT2D eigenvalue weighted by atomic mass is 10.3. The van der Waals surface area contributed by atoms with Crippen molar-refractivity contribution in [2.45, 2.75) is 37.4 Å². The van der Waals surface area contributed by atoms with E-state index in [0.29, 0.717) is 24.6 Å². The first-order chi connectivity index (χ1) is 9.15. The Morgan fingerprint density at radius 3 is 2.84 bits per heavy atom. The Labute approximate surface area is 120 Å². The molecule has 0 fully saturated rings. The number of hydrogen-bond acceptors (Lipinski definition) is 7. The molecule has 0 bridgehead atoms. The summed E-state index contributed by atoms with van der Waals surface area (Å²) < 4.78 is 5.62. The van der Waals surface area contributed by atoms with Crippen LogP contribution in [-0.4, -0.2) is 34.4 Å². The van der Waals surface area contributed by atoms with Crippen molar-refractivity contribution >= 4 is 40.1 Å². The molecule has 8 heteroatoms. The van der Waals surface area contributed by atoms with Crippen LogP contribution in [0.3, 0.4) is 0 Å². The van der Waals surface area contributed by atoms with Gasteiger partial charge in [0.15, 0.2) is 4.34 Å². The van der Waals surface area contributed by atoms with E-state index in [0.717, 1.165) is 16.5 Å². The summed E-state index contributed by atoms with van der Waals surface area (Å²) in [6.07, 6.45) is 1.57. The third-order valence-corrected chi connectivity index (χ3v) is 4.09. The highest BCUT2D eigenvalue weighted by Crippen LogP contribution is 2.26. The van der Waals surface area contributed by atoms with Crippen molar-refractivity contribution in [1.29, 1.82) is 0 Å². The van der Waals surface area contributed by atoms with Crippen molar-refractivity contribution in [3.8, 4) is 0 Å². The minimum atomic E-state index is -0.170. The summed E-state index contributed by atoms with van der Waals surface area (Å²) in [4.78, 5) is 22.3. The Morgan fingerprint density at radius 1 is 1.37 bits per heavy atom. The second-order valence-electron chi connectivity index (χ2n) is 3.53. The third kappa shape index (κ3) is 6.53. The number of aromatic nitrogens is 2. The largest absolute Gasteiger partial charge is 0.466 e. The van der Waals surface area contributed by atoms with Gasteiger partial charge in [-0.3, -0.25) is 9.59 Å². The summed E-state index contributed by atoms with van der Waals surface area (Å²) in [7, 11) is 0. The van der Waals surface area contributed by atoms with Crippen LogP contribution in [-0.2, 0) is 14.3 Å². The molecule has 0 spiro atoms. The van der Waals surface area contributed by atoms with Crippen LogP contribution in [0.25, 0.3) is 0 Å². The van der Waals surface area contributed by atoms with Gasteiger partial charge in [0, 0.05) is 18.6 Å². The number of hydrogen-bond donors (Lipinski definition) is 1. The highest BCUT2D eigenvalue weighted by molar-refractivity contribution is 8.01. The van der Waals surface area contributed by atoms with Crippen LogP contribution < -0.4 is 5.32 Å². The molecule has 6 nitrogen and oxygen atoms in total. The molecule has 1 rings (SSSR count). The topological polar surface area (TPSA) is 81.2 Å². The molecule has 0 atom stereocenters. The summed E-state index contributed by atoms with van der Waals surface area (Å²) in [5.74, 6) is 0.529. The van der Waals surface area contributed by atoms with Crippen molar-refractivity contribution in [2.75, 3.05) is 17.7 Å². The third-order valence-electron chi connectivity index (χ3n) is 2.03. The molecular weight excluding hydrogens is 286 g/mol. The molecule has 0 aromatic carbocycles. The van der Waals surface area contributed by atoms with Crippen LogP contribution in [0.15, 0.2) is 4.34 Å². The van der Waals surface area contributed by atoms with Gasteiger partial charge in [-0.1, -0.05) is 30.0 Å². The lowest BCUT2D eigenvalue weighted by Crippen LogP contribution is -2.08. The predicted molar refractivity (Wildman–Crippen MR) is 75.4 cm³/mol. The Balaban J connectivity index is 2.23.